The molecular formula is C10H16BN3O2. The second kappa shape index (κ2) is 5.27. The van der Waals surface area contributed by atoms with Crippen molar-refractivity contribution in [3.8, 4) is 0 Å². The fourth-order valence-corrected chi connectivity index (χ4v) is 1.98. The zero-order valence-electron chi connectivity index (χ0n) is 9.13. The van der Waals surface area contributed by atoms with Crippen molar-refractivity contribution in [3.05, 3.63) is 12.4 Å². The average Bonchev–Trinajstić information content (AvgIpc) is 2.31. The number of hydrogen-bond acceptors (Lipinski definition) is 5. The smallest absolute Gasteiger partial charge is 0.423 e. The van der Waals surface area contributed by atoms with Gasteiger partial charge in [-0.3, -0.25) is 0 Å². The van der Waals surface area contributed by atoms with Crippen molar-refractivity contribution in [3.63, 3.8) is 0 Å². The molecule has 0 aliphatic heterocycles. The molecule has 1 aromatic heterocycles. The summed E-state index contributed by atoms with van der Waals surface area (Å²) in [6.45, 7) is 0. The zero-order chi connectivity index (χ0) is 11.4. The number of hydrogen-bond donors (Lipinski definition) is 3. The third-order valence-electron chi connectivity index (χ3n) is 2.91. The SMILES string of the molecule is OB(O)c1cnc(NC2CCCCC2)nc1. The molecule has 1 saturated carbocycles. The molecule has 5 nitrogen and oxygen atoms in total. The second-order valence-electron chi connectivity index (χ2n) is 4.19. The minimum atomic E-state index is -1.50. The first-order chi connectivity index (χ1) is 7.75. The van der Waals surface area contributed by atoms with E-state index in [0.29, 0.717) is 17.5 Å². The molecule has 86 valence electrons. The molecule has 1 heterocycles. The maximum atomic E-state index is 8.89. The summed E-state index contributed by atoms with van der Waals surface area (Å²) in [4.78, 5) is 8.10. The highest BCUT2D eigenvalue weighted by Gasteiger charge is 2.15. The highest BCUT2D eigenvalue weighted by Crippen LogP contribution is 2.19. The third-order valence-corrected chi connectivity index (χ3v) is 2.91. The molecule has 0 atom stereocenters. The summed E-state index contributed by atoms with van der Waals surface area (Å²) in [6.07, 6.45) is 9.01. The van der Waals surface area contributed by atoms with E-state index in [0.717, 1.165) is 12.8 Å². The molecule has 1 fully saturated rings. The second-order valence-corrected chi connectivity index (χ2v) is 4.19. The van der Waals surface area contributed by atoms with Crippen LogP contribution in [0.15, 0.2) is 12.4 Å². The Morgan fingerprint density at radius 3 is 2.31 bits per heavy atom. The zero-order valence-corrected chi connectivity index (χ0v) is 9.13. The predicted molar refractivity (Wildman–Crippen MR) is 62.4 cm³/mol. The predicted octanol–water partition coefficient (Wildman–Crippen LogP) is -0.0990. The first kappa shape index (κ1) is 11.4. The molecule has 0 radical (unpaired) electrons. The minimum absolute atomic E-state index is 0.314. The van der Waals surface area contributed by atoms with E-state index >= 15 is 0 Å². The van der Waals surface area contributed by atoms with Gasteiger partial charge in [0.25, 0.3) is 0 Å². The average molecular weight is 221 g/mol. The van der Waals surface area contributed by atoms with Crippen LogP contribution in [0, 0.1) is 0 Å². The van der Waals surface area contributed by atoms with Gasteiger partial charge in [0.05, 0.1) is 0 Å². The summed E-state index contributed by atoms with van der Waals surface area (Å²) < 4.78 is 0. The van der Waals surface area contributed by atoms with Gasteiger partial charge >= 0.3 is 7.12 Å². The number of nitrogens with zero attached hydrogens (tertiary/aromatic N) is 2. The van der Waals surface area contributed by atoms with Gasteiger partial charge in [-0.2, -0.15) is 0 Å². The van der Waals surface area contributed by atoms with Crippen LogP contribution in [-0.2, 0) is 0 Å². The molecule has 3 N–H and O–H groups in total. The van der Waals surface area contributed by atoms with E-state index in [1.165, 1.54) is 31.7 Å². The first-order valence-electron chi connectivity index (χ1n) is 5.70. The van der Waals surface area contributed by atoms with Gasteiger partial charge in [-0.05, 0) is 12.8 Å². The Kier molecular flexibility index (Phi) is 3.74. The third kappa shape index (κ3) is 2.93. The van der Waals surface area contributed by atoms with Gasteiger partial charge < -0.3 is 15.4 Å². The van der Waals surface area contributed by atoms with E-state index in [2.05, 4.69) is 15.3 Å². The summed E-state index contributed by atoms with van der Waals surface area (Å²) in [5, 5.41) is 21.0. The van der Waals surface area contributed by atoms with Crippen LogP contribution < -0.4 is 10.8 Å². The fraction of sp³-hybridized carbons (Fsp3) is 0.600. The van der Waals surface area contributed by atoms with Crippen molar-refractivity contribution < 1.29 is 10.0 Å². The molecule has 6 heteroatoms. The van der Waals surface area contributed by atoms with E-state index in [-0.39, 0.29) is 0 Å². The number of anilines is 1. The topological polar surface area (TPSA) is 78.3 Å². The van der Waals surface area contributed by atoms with Crippen LogP contribution in [0.3, 0.4) is 0 Å². The van der Waals surface area contributed by atoms with Gasteiger partial charge in [0.1, 0.15) is 0 Å². The van der Waals surface area contributed by atoms with Gasteiger partial charge in [0.2, 0.25) is 5.95 Å². The van der Waals surface area contributed by atoms with Crippen LogP contribution in [0.25, 0.3) is 0 Å². The van der Waals surface area contributed by atoms with E-state index in [4.69, 9.17) is 10.0 Å². The normalized spacial score (nSPS) is 17.1. The molecule has 0 bridgehead atoms. The summed E-state index contributed by atoms with van der Waals surface area (Å²) in [5.41, 5.74) is 0.314. The van der Waals surface area contributed by atoms with E-state index < -0.39 is 7.12 Å². The van der Waals surface area contributed by atoms with E-state index in [1.54, 1.807) is 0 Å². The highest BCUT2D eigenvalue weighted by atomic mass is 16.4. The first-order valence-corrected chi connectivity index (χ1v) is 5.70. The molecule has 1 aromatic rings. The van der Waals surface area contributed by atoms with Crippen LogP contribution >= 0.6 is 0 Å². The number of aromatic nitrogens is 2. The Morgan fingerprint density at radius 2 is 1.75 bits per heavy atom. The maximum Gasteiger partial charge on any atom is 0.491 e. The maximum absolute atomic E-state index is 8.89. The molecular weight excluding hydrogens is 205 g/mol. The lowest BCUT2D eigenvalue weighted by atomic mass is 9.83. The quantitative estimate of drug-likeness (QED) is 0.621. The van der Waals surface area contributed by atoms with Gasteiger partial charge in [0.15, 0.2) is 0 Å². The minimum Gasteiger partial charge on any atom is -0.423 e. The molecule has 2 rings (SSSR count). The van der Waals surface area contributed by atoms with E-state index in [9.17, 15) is 0 Å². The number of nitrogens with one attached hydrogen (secondary N) is 1. The molecule has 0 saturated heterocycles. The summed E-state index contributed by atoms with van der Waals surface area (Å²) in [7, 11) is -1.50. The van der Waals surface area contributed by atoms with Crippen molar-refractivity contribution in [1.82, 2.24) is 9.97 Å². The standard InChI is InChI=1S/C10H16BN3O2/c15-11(16)8-6-12-10(13-7-8)14-9-4-2-1-3-5-9/h6-7,9,15-16H,1-5H2,(H,12,13,14). The van der Waals surface area contributed by atoms with Crippen molar-refractivity contribution in [1.29, 1.82) is 0 Å². The Bertz CT molecular complexity index is 325. The lowest BCUT2D eigenvalue weighted by Gasteiger charge is -2.22. The van der Waals surface area contributed by atoms with Gasteiger partial charge in [-0.15, -0.1) is 0 Å². The largest absolute Gasteiger partial charge is 0.491 e. The highest BCUT2D eigenvalue weighted by molar-refractivity contribution is 6.58. The van der Waals surface area contributed by atoms with Gasteiger partial charge in [-0.25, -0.2) is 9.97 Å². The lowest BCUT2D eigenvalue weighted by molar-refractivity contribution is 0.425. The Hall–Kier alpha value is -1.14. The monoisotopic (exact) mass is 221 g/mol. The summed E-state index contributed by atoms with van der Waals surface area (Å²) in [6, 6.07) is 0.457. The Morgan fingerprint density at radius 1 is 1.12 bits per heavy atom. The van der Waals surface area contributed by atoms with Crippen LogP contribution in [0.5, 0.6) is 0 Å². The van der Waals surface area contributed by atoms with Gasteiger partial charge in [-0.1, -0.05) is 19.3 Å². The van der Waals surface area contributed by atoms with Crippen LogP contribution in [0.2, 0.25) is 0 Å². The van der Waals surface area contributed by atoms with Crippen LogP contribution in [0.1, 0.15) is 32.1 Å². The molecule has 1 aliphatic rings. The molecule has 0 aromatic carbocycles. The fourth-order valence-electron chi connectivity index (χ4n) is 1.98. The summed E-state index contributed by atoms with van der Waals surface area (Å²) >= 11 is 0. The van der Waals surface area contributed by atoms with Crippen LogP contribution in [-0.4, -0.2) is 33.2 Å². The number of rotatable bonds is 3. The van der Waals surface area contributed by atoms with Crippen molar-refractivity contribution in [2.24, 2.45) is 0 Å². The van der Waals surface area contributed by atoms with Crippen molar-refractivity contribution in [2.45, 2.75) is 38.1 Å². The molecule has 0 amide bonds. The molecule has 16 heavy (non-hydrogen) atoms. The Labute approximate surface area is 95.1 Å². The Balaban J connectivity index is 1.93. The molecule has 0 unspecified atom stereocenters. The van der Waals surface area contributed by atoms with E-state index in [1.807, 2.05) is 0 Å². The van der Waals surface area contributed by atoms with Crippen molar-refractivity contribution in [2.75, 3.05) is 5.32 Å². The molecule has 1 aliphatic carbocycles. The van der Waals surface area contributed by atoms with Crippen molar-refractivity contribution >= 4 is 18.5 Å². The molecule has 0 spiro atoms. The van der Waals surface area contributed by atoms with Crippen LogP contribution in [0.4, 0.5) is 5.95 Å². The van der Waals surface area contributed by atoms with Gasteiger partial charge in [0, 0.05) is 23.9 Å². The lowest BCUT2D eigenvalue weighted by Crippen LogP contribution is -2.31. The summed E-state index contributed by atoms with van der Waals surface area (Å²) in [5.74, 6) is 0.566.